The van der Waals surface area contributed by atoms with Gasteiger partial charge in [-0.3, -0.25) is 9.69 Å². The van der Waals surface area contributed by atoms with Crippen molar-refractivity contribution in [2.45, 2.75) is 31.8 Å². The predicted octanol–water partition coefficient (Wildman–Crippen LogP) is 3.91. The topological polar surface area (TPSA) is 45.2 Å². The summed E-state index contributed by atoms with van der Waals surface area (Å²) in [5, 5.41) is 6.32. The number of aromatic nitrogens is 1. The van der Waals surface area contributed by atoms with E-state index in [2.05, 4.69) is 34.0 Å². The lowest BCUT2D eigenvalue weighted by Gasteiger charge is -2.49. The number of carbonyl (C=O) groups excluding carboxylic acids is 1. The number of thiophene rings is 1. The molecule has 4 nitrogen and oxygen atoms in total. The van der Waals surface area contributed by atoms with Crippen molar-refractivity contribution in [1.29, 1.82) is 0 Å². The number of hydrogen-bond acceptors (Lipinski definition) is 4. The van der Waals surface area contributed by atoms with Crippen LogP contribution < -0.4 is 5.32 Å². The Hall–Kier alpha value is -2.68. The Kier molecular flexibility index (Phi) is 4.83. The number of nitrogens with one attached hydrogen (secondary N) is 1. The molecule has 3 fully saturated rings. The van der Waals surface area contributed by atoms with Crippen molar-refractivity contribution < 1.29 is 4.79 Å². The van der Waals surface area contributed by atoms with E-state index in [4.69, 9.17) is 0 Å². The van der Waals surface area contributed by atoms with E-state index in [1.165, 1.54) is 12.8 Å². The average Bonchev–Trinajstić information content (AvgIpc) is 3.18. The Labute approximate surface area is 175 Å². The van der Waals surface area contributed by atoms with Gasteiger partial charge in [0.1, 0.15) is 5.69 Å². The molecule has 0 saturated carbocycles. The van der Waals surface area contributed by atoms with Crippen molar-refractivity contribution in [1.82, 2.24) is 15.2 Å². The summed E-state index contributed by atoms with van der Waals surface area (Å²) in [5.74, 6) is 6.96. The van der Waals surface area contributed by atoms with Crippen LogP contribution in [0.25, 0.3) is 10.1 Å². The Balaban J connectivity index is 1.40. The second-order valence-electron chi connectivity index (χ2n) is 7.94. The quantitative estimate of drug-likeness (QED) is 0.662. The normalized spacial score (nSPS) is 25.4. The molecule has 5 heterocycles. The fraction of sp³-hybridized carbons (Fsp3) is 0.333. The zero-order valence-electron chi connectivity index (χ0n) is 16.4. The molecule has 3 saturated heterocycles. The molecule has 0 unspecified atom stereocenters. The molecular formula is C24H23N3OS. The third-order valence-electron chi connectivity index (χ3n) is 6.28. The molecule has 3 aromatic rings. The van der Waals surface area contributed by atoms with Gasteiger partial charge in [-0.05, 0) is 57.0 Å². The molecule has 1 aromatic carbocycles. The highest BCUT2D eigenvalue weighted by Crippen LogP contribution is 2.32. The van der Waals surface area contributed by atoms with Crippen LogP contribution in [0.4, 0.5) is 0 Å². The summed E-state index contributed by atoms with van der Waals surface area (Å²) in [4.78, 5) is 19.9. The Morgan fingerprint density at radius 3 is 2.76 bits per heavy atom. The fourth-order valence-corrected chi connectivity index (χ4v) is 5.43. The molecule has 3 aliphatic rings. The van der Waals surface area contributed by atoms with Crippen LogP contribution in [-0.4, -0.2) is 41.0 Å². The van der Waals surface area contributed by atoms with Gasteiger partial charge < -0.3 is 5.32 Å². The molecule has 29 heavy (non-hydrogen) atoms. The van der Waals surface area contributed by atoms with Crippen LogP contribution in [-0.2, 0) is 0 Å². The summed E-state index contributed by atoms with van der Waals surface area (Å²) in [6.07, 6.45) is 4.14. The largest absolute Gasteiger partial charge is 0.346 e. The third-order valence-corrected chi connectivity index (χ3v) is 7.22. The van der Waals surface area contributed by atoms with Crippen molar-refractivity contribution in [3.05, 3.63) is 64.8 Å². The van der Waals surface area contributed by atoms with E-state index < -0.39 is 0 Å². The van der Waals surface area contributed by atoms with Crippen molar-refractivity contribution in [2.75, 3.05) is 13.1 Å². The standard InChI is InChI=1S/C24H23N3OS/c1-16-23(18-9-11-27(16)12-10-18)26-24(28)21-13-20-19(15-29-22(20)14-25-21)8-7-17-5-3-2-4-6-17/h2-6,13-16,18,23H,9-12H2,1H3,(H,26,28)/t16-,23-/m0/s1. The number of benzene rings is 1. The number of nitrogens with zero attached hydrogens (tertiary/aromatic N) is 2. The lowest BCUT2D eigenvalue weighted by Crippen LogP contribution is -2.62. The zero-order valence-corrected chi connectivity index (χ0v) is 17.2. The number of rotatable bonds is 2. The number of hydrogen-bond donors (Lipinski definition) is 1. The van der Waals surface area contributed by atoms with Crippen LogP contribution in [0.1, 0.15) is 41.4 Å². The van der Waals surface area contributed by atoms with Crippen molar-refractivity contribution in [3.63, 3.8) is 0 Å². The lowest BCUT2D eigenvalue weighted by atomic mass is 9.79. The number of amides is 1. The molecule has 0 aliphatic carbocycles. The van der Waals surface area contributed by atoms with E-state index in [0.717, 1.165) is 34.3 Å². The molecular weight excluding hydrogens is 378 g/mol. The zero-order chi connectivity index (χ0) is 19.8. The molecule has 6 rings (SSSR count). The van der Waals surface area contributed by atoms with Gasteiger partial charge in [-0.25, -0.2) is 4.98 Å². The van der Waals surface area contributed by atoms with Gasteiger partial charge in [0.05, 0.1) is 4.70 Å². The lowest BCUT2D eigenvalue weighted by molar-refractivity contribution is 0.0216. The van der Waals surface area contributed by atoms with Crippen LogP contribution in [0.2, 0.25) is 0 Å². The van der Waals surface area contributed by atoms with E-state index in [1.807, 2.05) is 41.8 Å². The number of piperidine rings is 3. The van der Waals surface area contributed by atoms with Crippen LogP contribution in [0, 0.1) is 17.8 Å². The van der Waals surface area contributed by atoms with Gasteiger partial charge in [0.25, 0.3) is 5.91 Å². The highest BCUT2D eigenvalue weighted by molar-refractivity contribution is 7.17. The Morgan fingerprint density at radius 2 is 2.00 bits per heavy atom. The van der Waals surface area contributed by atoms with Gasteiger partial charge in [-0.15, -0.1) is 11.3 Å². The molecule has 2 aromatic heterocycles. The average molecular weight is 402 g/mol. The maximum atomic E-state index is 13.0. The maximum Gasteiger partial charge on any atom is 0.270 e. The molecule has 5 heteroatoms. The second kappa shape index (κ2) is 7.62. The van der Waals surface area contributed by atoms with Crippen LogP contribution in [0.3, 0.4) is 0 Å². The minimum absolute atomic E-state index is 0.0781. The molecule has 1 N–H and O–H groups in total. The smallest absolute Gasteiger partial charge is 0.270 e. The van der Waals surface area contributed by atoms with Crippen LogP contribution in [0.15, 0.2) is 48.0 Å². The first kappa shape index (κ1) is 18.4. The van der Waals surface area contributed by atoms with Crippen molar-refractivity contribution >= 4 is 27.3 Å². The summed E-state index contributed by atoms with van der Waals surface area (Å²) in [6, 6.07) is 12.4. The molecule has 2 atom stereocenters. The molecule has 0 spiro atoms. The summed E-state index contributed by atoms with van der Waals surface area (Å²) in [7, 11) is 0. The van der Waals surface area contributed by atoms with Crippen LogP contribution in [0.5, 0.6) is 0 Å². The summed E-state index contributed by atoms with van der Waals surface area (Å²) < 4.78 is 1.05. The van der Waals surface area contributed by atoms with Gasteiger partial charge in [0.2, 0.25) is 0 Å². The number of pyridine rings is 1. The SMILES string of the molecule is C[C@H]1[C@H](NC(=O)c2cc3c(C#Cc4ccccc4)csc3cn2)C2CCN1CC2. The van der Waals surface area contributed by atoms with Crippen molar-refractivity contribution in [2.24, 2.45) is 5.92 Å². The maximum absolute atomic E-state index is 13.0. The fourth-order valence-electron chi connectivity index (χ4n) is 4.59. The van der Waals surface area contributed by atoms with E-state index in [-0.39, 0.29) is 11.9 Å². The Morgan fingerprint density at radius 1 is 1.21 bits per heavy atom. The van der Waals surface area contributed by atoms with E-state index >= 15 is 0 Å². The summed E-state index contributed by atoms with van der Waals surface area (Å²) in [5.41, 5.74) is 2.40. The summed E-state index contributed by atoms with van der Waals surface area (Å²) in [6.45, 7) is 4.53. The first-order valence-corrected chi connectivity index (χ1v) is 11.1. The highest BCUT2D eigenvalue weighted by atomic mass is 32.1. The molecule has 3 aliphatic heterocycles. The third kappa shape index (κ3) is 3.55. The predicted molar refractivity (Wildman–Crippen MR) is 117 cm³/mol. The van der Waals surface area contributed by atoms with Gasteiger partial charge in [0, 0.05) is 40.2 Å². The van der Waals surface area contributed by atoms with Gasteiger partial charge in [-0.1, -0.05) is 30.0 Å². The minimum Gasteiger partial charge on any atom is -0.346 e. The minimum atomic E-state index is -0.0781. The number of carbonyl (C=O) groups is 1. The van der Waals surface area contributed by atoms with Crippen molar-refractivity contribution in [3.8, 4) is 11.8 Å². The number of fused-ring (bicyclic) bond motifs is 4. The van der Waals surface area contributed by atoms with E-state index in [9.17, 15) is 4.79 Å². The summed E-state index contributed by atoms with van der Waals surface area (Å²) >= 11 is 1.61. The first-order chi connectivity index (χ1) is 14.2. The van der Waals surface area contributed by atoms with Gasteiger partial charge in [0.15, 0.2) is 0 Å². The highest BCUT2D eigenvalue weighted by Gasteiger charge is 2.40. The molecule has 1 amide bonds. The van der Waals surface area contributed by atoms with E-state index in [0.29, 0.717) is 17.7 Å². The first-order valence-electron chi connectivity index (χ1n) is 10.2. The molecule has 2 bridgehead atoms. The van der Waals surface area contributed by atoms with E-state index in [1.54, 1.807) is 17.5 Å². The van der Waals surface area contributed by atoms with Gasteiger partial charge >= 0.3 is 0 Å². The van der Waals surface area contributed by atoms with Gasteiger partial charge in [-0.2, -0.15) is 0 Å². The second-order valence-corrected chi connectivity index (χ2v) is 8.86. The van der Waals surface area contributed by atoms with Crippen LogP contribution >= 0.6 is 11.3 Å². The Bertz CT molecular complexity index is 1100. The molecule has 146 valence electrons. The molecule has 0 radical (unpaired) electrons. The monoisotopic (exact) mass is 401 g/mol.